The Morgan fingerprint density at radius 1 is 1.37 bits per heavy atom. The number of fused-ring (bicyclic) bond motifs is 1. The molecule has 0 amide bonds. The number of nitrogens with zero attached hydrogens (tertiary/aromatic N) is 5. The number of anilines is 1. The minimum Gasteiger partial charge on any atom is -0.350 e. The quantitative estimate of drug-likeness (QED) is 0.872. The number of aromatic nitrogens is 4. The van der Waals surface area contributed by atoms with Crippen LogP contribution >= 0.6 is 0 Å². The summed E-state index contributed by atoms with van der Waals surface area (Å²) in [7, 11) is 0. The largest absolute Gasteiger partial charge is 0.350 e. The summed E-state index contributed by atoms with van der Waals surface area (Å²) in [6, 6.07) is 0.471. The van der Waals surface area contributed by atoms with Crippen LogP contribution in [0.5, 0.6) is 0 Å². The standard InChI is InChI=1S/C13H20N6/c1-9-3-4-11(7-14)8-19(9)12-13-17-16-10(2)18(13)6-5-15-12/h5-6,9,11H,3-4,7-8,14H2,1-2H3. The molecular formula is C13H20N6. The van der Waals surface area contributed by atoms with Crippen LogP contribution in [0.15, 0.2) is 12.4 Å². The first-order valence-electron chi connectivity index (χ1n) is 6.83. The van der Waals surface area contributed by atoms with E-state index in [9.17, 15) is 0 Å². The third-order valence-electron chi connectivity index (χ3n) is 4.06. The van der Waals surface area contributed by atoms with Gasteiger partial charge in [0.25, 0.3) is 0 Å². The lowest BCUT2D eigenvalue weighted by Crippen LogP contribution is -2.44. The minimum atomic E-state index is 0.471. The highest BCUT2D eigenvalue weighted by Gasteiger charge is 2.27. The van der Waals surface area contributed by atoms with Gasteiger partial charge in [-0.3, -0.25) is 4.40 Å². The van der Waals surface area contributed by atoms with Crippen LogP contribution in [0, 0.1) is 12.8 Å². The molecule has 1 fully saturated rings. The normalized spacial score (nSPS) is 24.1. The maximum atomic E-state index is 5.83. The molecule has 102 valence electrons. The van der Waals surface area contributed by atoms with Gasteiger partial charge in [-0.2, -0.15) is 0 Å². The van der Waals surface area contributed by atoms with Crippen molar-refractivity contribution in [3.8, 4) is 0 Å². The molecule has 0 spiro atoms. The Labute approximate surface area is 112 Å². The fourth-order valence-electron chi connectivity index (χ4n) is 2.80. The van der Waals surface area contributed by atoms with E-state index in [0.29, 0.717) is 12.0 Å². The molecule has 6 nitrogen and oxygen atoms in total. The van der Waals surface area contributed by atoms with Crippen LogP contribution in [0.2, 0.25) is 0 Å². The molecule has 2 aromatic heterocycles. The molecule has 0 aliphatic carbocycles. The van der Waals surface area contributed by atoms with Crippen LogP contribution in [-0.2, 0) is 0 Å². The first-order valence-corrected chi connectivity index (χ1v) is 6.83. The van der Waals surface area contributed by atoms with Gasteiger partial charge >= 0.3 is 0 Å². The molecule has 19 heavy (non-hydrogen) atoms. The highest BCUT2D eigenvalue weighted by atomic mass is 15.3. The molecule has 2 N–H and O–H groups in total. The number of hydrogen-bond acceptors (Lipinski definition) is 5. The molecule has 3 rings (SSSR count). The molecule has 0 saturated carbocycles. The van der Waals surface area contributed by atoms with E-state index in [1.807, 2.05) is 23.7 Å². The predicted molar refractivity (Wildman–Crippen MR) is 74.1 cm³/mol. The lowest BCUT2D eigenvalue weighted by atomic mass is 9.93. The number of rotatable bonds is 2. The van der Waals surface area contributed by atoms with Crippen molar-refractivity contribution in [2.24, 2.45) is 11.7 Å². The molecule has 2 atom stereocenters. The van der Waals surface area contributed by atoms with Crippen LogP contribution < -0.4 is 10.6 Å². The van der Waals surface area contributed by atoms with E-state index in [-0.39, 0.29) is 0 Å². The van der Waals surface area contributed by atoms with Gasteiger partial charge in [0.2, 0.25) is 5.65 Å². The number of piperidine rings is 1. The number of nitrogens with two attached hydrogens (primary N) is 1. The summed E-state index contributed by atoms with van der Waals surface area (Å²) >= 11 is 0. The highest BCUT2D eigenvalue weighted by Crippen LogP contribution is 2.28. The van der Waals surface area contributed by atoms with E-state index < -0.39 is 0 Å². The van der Waals surface area contributed by atoms with E-state index >= 15 is 0 Å². The Bertz CT molecular complexity index is 578. The van der Waals surface area contributed by atoms with E-state index in [1.165, 1.54) is 6.42 Å². The van der Waals surface area contributed by atoms with Gasteiger partial charge in [-0.15, -0.1) is 10.2 Å². The minimum absolute atomic E-state index is 0.471. The molecule has 0 bridgehead atoms. The smallest absolute Gasteiger partial charge is 0.203 e. The Kier molecular flexibility index (Phi) is 3.10. The first-order chi connectivity index (χ1) is 9.20. The third kappa shape index (κ3) is 2.06. The summed E-state index contributed by atoms with van der Waals surface area (Å²) in [4.78, 5) is 6.85. The van der Waals surface area contributed by atoms with E-state index in [4.69, 9.17) is 5.73 Å². The van der Waals surface area contributed by atoms with Gasteiger partial charge in [-0.1, -0.05) is 0 Å². The van der Waals surface area contributed by atoms with Crippen molar-refractivity contribution in [3.63, 3.8) is 0 Å². The summed E-state index contributed by atoms with van der Waals surface area (Å²) in [5, 5.41) is 8.39. The van der Waals surface area contributed by atoms with Crippen LogP contribution in [0.25, 0.3) is 5.65 Å². The van der Waals surface area contributed by atoms with E-state index in [1.54, 1.807) is 0 Å². The van der Waals surface area contributed by atoms with Crippen molar-refractivity contribution in [3.05, 3.63) is 18.2 Å². The van der Waals surface area contributed by atoms with Gasteiger partial charge in [-0.05, 0) is 39.2 Å². The fraction of sp³-hybridized carbons (Fsp3) is 0.615. The molecule has 1 aliphatic heterocycles. The van der Waals surface area contributed by atoms with Crippen LogP contribution in [0.1, 0.15) is 25.6 Å². The Morgan fingerprint density at radius 2 is 2.21 bits per heavy atom. The number of aryl methyl sites for hydroxylation is 1. The summed E-state index contributed by atoms with van der Waals surface area (Å²) in [6.07, 6.45) is 6.07. The number of hydrogen-bond donors (Lipinski definition) is 1. The average molecular weight is 260 g/mol. The van der Waals surface area contributed by atoms with Crippen molar-refractivity contribution in [2.45, 2.75) is 32.7 Å². The fourth-order valence-corrected chi connectivity index (χ4v) is 2.80. The van der Waals surface area contributed by atoms with Gasteiger partial charge in [0.15, 0.2) is 5.82 Å². The predicted octanol–water partition coefficient (Wildman–Crippen LogP) is 0.996. The van der Waals surface area contributed by atoms with Crippen molar-refractivity contribution < 1.29 is 0 Å². The van der Waals surface area contributed by atoms with Gasteiger partial charge < -0.3 is 10.6 Å². The molecular weight excluding hydrogens is 240 g/mol. The molecule has 1 saturated heterocycles. The molecule has 0 aromatic carbocycles. The average Bonchev–Trinajstić information content (AvgIpc) is 2.81. The van der Waals surface area contributed by atoms with Gasteiger partial charge in [-0.25, -0.2) is 4.98 Å². The van der Waals surface area contributed by atoms with Gasteiger partial charge in [0.05, 0.1) is 0 Å². The zero-order chi connectivity index (χ0) is 13.4. The lowest BCUT2D eigenvalue weighted by Gasteiger charge is -2.38. The molecule has 0 radical (unpaired) electrons. The highest BCUT2D eigenvalue weighted by molar-refractivity contribution is 5.64. The summed E-state index contributed by atoms with van der Waals surface area (Å²) < 4.78 is 1.99. The van der Waals surface area contributed by atoms with Crippen molar-refractivity contribution in [1.29, 1.82) is 0 Å². The molecule has 6 heteroatoms. The summed E-state index contributed by atoms with van der Waals surface area (Å²) in [5.41, 5.74) is 6.66. The van der Waals surface area contributed by atoms with Gasteiger partial charge in [0, 0.05) is 25.0 Å². The first kappa shape index (κ1) is 12.3. The second-order valence-electron chi connectivity index (χ2n) is 5.37. The van der Waals surface area contributed by atoms with Crippen LogP contribution in [0.3, 0.4) is 0 Å². The SMILES string of the molecule is Cc1nnc2c(N3CC(CN)CCC3C)nccn12. The topological polar surface area (TPSA) is 72.3 Å². The van der Waals surface area contributed by atoms with Gasteiger partial charge in [0.1, 0.15) is 5.82 Å². The molecule has 3 heterocycles. The third-order valence-corrected chi connectivity index (χ3v) is 4.06. The van der Waals surface area contributed by atoms with Crippen molar-refractivity contribution >= 4 is 11.5 Å². The second kappa shape index (κ2) is 4.77. The van der Waals surface area contributed by atoms with Crippen LogP contribution in [-0.4, -0.2) is 38.7 Å². The van der Waals surface area contributed by atoms with Crippen molar-refractivity contribution in [1.82, 2.24) is 19.6 Å². The zero-order valence-corrected chi connectivity index (χ0v) is 11.5. The second-order valence-corrected chi connectivity index (χ2v) is 5.37. The monoisotopic (exact) mass is 260 g/mol. The maximum Gasteiger partial charge on any atom is 0.203 e. The maximum absolute atomic E-state index is 5.83. The van der Waals surface area contributed by atoms with E-state index in [0.717, 1.165) is 36.8 Å². The summed E-state index contributed by atoms with van der Waals surface area (Å²) in [5.74, 6) is 2.36. The van der Waals surface area contributed by atoms with Crippen LogP contribution in [0.4, 0.5) is 5.82 Å². The lowest BCUT2D eigenvalue weighted by molar-refractivity contribution is 0.372. The zero-order valence-electron chi connectivity index (χ0n) is 11.5. The summed E-state index contributed by atoms with van der Waals surface area (Å²) in [6.45, 7) is 5.88. The molecule has 2 aromatic rings. The van der Waals surface area contributed by atoms with E-state index in [2.05, 4.69) is 27.0 Å². The Balaban J connectivity index is 2.02. The Morgan fingerprint density at radius 3 is 3.00 bits per heavy atom. The van der Waals surface area contributed by atoms with Crippen molar-refractivity contribution in [2.75, 3.05) is 18.0 Å². The Hall–Kier alpha value is -1.69. The molecule has 2 unspecified atom stereocenters. The molecule has 1 aliphatic rings.